The van der Waals surface area contributed by atoms with E-state index in [2.05, 4.69) is 10.2 Å². The fourth-order valence-electron chi connectivity index (χ4n) is 1.18. The molecule has 1 aliphatic heterocycles. The minimum absolute atomic E-state index is 0.206. The molecule has 1 aromatic rings. The van der Waals surface area contributed by atoms with Crippen LogP contribution in [0.1, 0.15) is 12.3 Å². The summed E-state index contributed by atoms with van der Waals surface area (Å²) in [7, 11) is 0. The Morgan fingerprint density at radius 1 is 1.47 bits per heavy atom. The second-order valence-corrected chi connectivity index (χ2v) is 4.05. The van der Waals surface area contributed by atoms with Gasteiger partial charge in [-0.1, -0.05) is 11.8 Å². The number of ether oxygens (including phenoxy) is 2. The second kappa shape index (κ2) is 5.45. The van der Waals surface area contributed by atoms with Gasteiger partial charge >= 0.3 is 0 Å². The third-order valence-electron chi connectivity index (χ3n) is 1.99. The van der Waals surface area contributed by atoms with E-state index in [0.717, 1.165) is 18.8 Å². The van der Waals surface area contributed by atoms with Gasteiger partial charge in [0.25, 0.3) is 5.22 Å². The molecule has 1 fully saturated rings. The molecule has 15 heavy (non-hydrogen) atoms. The number of aromatic nitrogens is 2. The van der Waals surface area contributed by atoms with Gasteiger partial charge in [-0.3, -0.25) is 0 Å². The van der Waals surface area contributed by atoms with Crippen molar-refractivity contribution in [1.29, 1.82) is 0 Å². The molecule has 0 spiro atoms. The first-order valence-electron chi connectivity index (χ1n) is 4.73. The Bertz CT molecular complexity index is 301. The van der Waals surface area contributed by atoms with Gasteiger partial charge in [-0.25, -0.2) is 0 Å². The van der Waals surface area contributed by atoms with Crippen molar-refractivity contribution in [2.24, 2.45) is 5.73 Å². The first kappa shape index (κ1) is 10.9. The van der Waals surface area contributed by atoms with Crippen LogP contribution in [0.3, 0.4) is 0 Å². The van der Waals surface area contributed by atoms with Gasteiger partial charge in [0.15, 0.2) is 0 Å². The van der Waals surface area contributed by atoms with Crippen molar-refractivity contribution in [3.05, 3.63) is 5.89 Å². The summed E-state index contributed by atoms with van der Waals surface area (Å²) in [6.45, 7) is 1.41. The Kier molecular flexibility index (Phi) is 3.95. The molecular formula is C8H13N3O3S. The van der Waals surface area contributed by atoms with E-state index in [1.807, 2.05) is 0 Å². The molecule has 1 aromatic heterocycles. The van der Waals surface area contributed by atoms with E-state index in [9.17, 15) is 0 Å². The van der Waals surface area contributed by atoms with E-state index in [-0.39, 0.29) is 12.6 Å². The van der Waals surface area contributed by atoms with E-state index in [1.54, 1.807) is 0 Å². The summed E-state index contributed by atoms with van der Waals surface area (Å²) in [4.78, 5) is 0. The highest BCUT2D eigenvalue weighted by Gasteiger charge is 2.16. The monoisotopic (exact) mass is 231 g/mol. The van der Waals surface area contributed by atoms with Gasteiger partial charge < -0.3 is 19.6 Å². The van der Waals surface area contributed by atoms with Crippen LogP contribution in [-0.4, -0.2) is 35.5 Å². The molecule has 0 aliphatic carbocycles. The average molecular weight is 231 g/mol. The smallest absolute Gasteiger partial charge is 0.276 e. The Balaban J connectivity index is 1.76. The Hall–Kier alpha value is -0.630. The van der Waals surface area contributed by atoms with E-state index >= 15 is 0 Å². The first-order chi connectivity index (χ1) is 7.38. The normalized spacial score (nSPS) is 21.8. The molecule has 0 saturated carbocycles. The van der Waals surface area contributed by atoms with Gasteiger partial charge in [0.05, 0.1) is 19.3 Å². The Morgan fingerprint density at radius 3 is 3.07 bits per heavy atom. The van der Waals surface area contributed by atoms with E-state index in [4.69, 9.17) is 19.6 Å². The van der Waals surface area contributed by atoms with E-state index < -0.39 is 0 Å². The maximum absolute atomic E-state index is 5.38. The largest absolute Gasteiger partial charge is 0.415 e. The third-order valence-corrected chi connectivity index (χ3v) is 2.94. The second-order valence-electron chi connectivity index (χ2n) is 3.08. The van der Waals surface area contributed by atoms with Crippen LogP contribution < -0.4 is 5.73 Å². The van der Waals surface area contributed by atoms with Crippen LogP contribution in [0.25, 0.3) is 0 Å². The van der Waals surface area contributed by atoms with Gasteiger partial charge in [-0.05, 0) is 6.42 Å². The van der Waals surface area contributed by atoms with Gasteiger partial charge in [0, 0.05) is 5.75 Å². The lowest BCUT2D eigenvalue weighted by molar-refractivity contribution is -0.130. The van der Waals surface area contributed by atoms with Crippen LogP contribution in [0.4, 0.5) is 0 Å². The summed E-state index contributed by atoms with van der Waals surface area (Å²) >= 11 is 1.49. The Morgan fingerprint density at radius 2 is 2.40 bits per heavy atom. The van der Waals surface area contributed by atoms with Gasteiger partial charge in [0.1, 0.15) is 6.79 Å². The quantitative estimate of drug-likeness (QED) is 0.750. The highest BCUT2D eigenvalue weighted by molar-refractivity contribution is 7.99. The fraction of sp³-hybridized carbons (Fsp3) is 0.750. The highest BCUT2D eigenvalue weighted by atomic mass is 32.2. The summed E-state index contributed by atoms with van der Waals surface area (Å²) in [6.07, 6.45) is 1.11. The molecule has 1 aliphatic rings. The van der Waals surface area contributed by atoms with Crippen molar-refractivity contribution in [3.8, 4) is 0 Å². The van der Waals surface area contributed by atoms with Crippen LogP contribution in [0.5, 0.6) is 0 Å². The highest BCUT2D eigenvalue weighted by Crippen LogP contribution is 2.20. The van der Waals surface area contributed by atoms with Crippen LogP contribution in [0.15, 0.2) is 9.64 Å². The van der Waals surface area contributed by atoms with Crippen LogP contribution in [0, 0.1) is 0 Å². The van der Waals surface area contributed by atoms with Crippen LogP contribution in [0.2, 0.25) is 0 Å². The van der Waals surface area contributed by atoms with Crippen molar-refractivity contribution in [2.45, 2.75) is 24.3 Å². The predicted molar refractivity (Wildman–Crippen MR) is 53.2 cm³/mol. The zero-order valence-corrected chi connectivity index (χ0v) is 9.03. The number of hydrogen-bond donors (Lipinski definition) is 1. The standard InChI is InChI=1S/C8H13N3O3S/c9-3-7-10-11-8(14-7)15-4-6-1-2-12-5-13-6/h6H,1-5,9H2. The van der Waals surface area contributed by atoms with E-state index in [0.29, 0.717) is 17.9 Å². The minimum atomic E-state index is 0.206. The topological polar surface area (TPSA) is 83.4 Å². The summed E-state index contributed by atoms with van der Waals surface area (Å²) in [6, 6.07) is 0. The molecule has 1 saturated heterocycles. The molecule has 1 atom stereocenters. The van der Waals surface area contributed by atoms with Crippen LogP contribution in [-0.2, 0) is 16.0 Å². The van der Waals surface area contributed by atoms with E-state index in [1.165, 1.54) is 11.8 Å². The lowest BCUT2D eigenvalue weighted by Gasteiger charge is -2.21. The molecule has 7 heteroatoms. The summed E-state index contributed by atoms with van der Waals surface area (Å²) in [5, 5.41) is 8.17. The molecule has 0 bridgehead atoms. The fourth-order valence-corrected chi connectivity index (χ4v) is 2.02. The molecule has 0 amide bonds. The number of hydrogen-bond acceptors (Lipinski definition) is 7. The average Bonchev–Trinajstić information content (AvgIpc) is 2.76. The number of nitrogens with two attached hydrogens (primary N) is 1. The first-order valence-corrected chi connectivity index (χ1v) is 5.71. The van der Waals surface area contributed by atoms with Crippen molar-refractivity contribution in [1.82, 2.24) is 10.2 Å². The molecule has 84 valence electrons. The lowest BCUT2D eigenvalue weighted by Crippen LogP contribution is -2.25. The number of rotatable bonds is 4. The number of thioether (sulfide) groups is 1. The van der Waals surface area contributed by atoms with Gasteiger partial charge in [0.2, 0.25) is 5.89 Å². The molecule has 1 unspecified atom stereocenters. The summed E-state index contributed by atoms with van der Waals surface area (Å²) in [5.74, 6) is 1.26. The van der Waals surface area contributed by atoms with Gasteiger partial charge in [-0.15, -0.1) is 10.2 Å². The van der Waals surface area contributed by atoms with Crippen molar-refractivity contribution in [3.63, 3.8) is 0 Å². The third kappa shape index (κ3) is 3.16. The van der Waals surface area contributed by atoms with Gasteiger partial charge in [-0.2, -0.15) is 0 Å². The summed E-state index contributed by atoms with van der Waals surface area (Å²) in [5.41, 5.74) is 5.36. The van der Waals surface area contributed by atoms with Crippen LogP contribution >= 0.6 is 11.8 Å². The van der Waals surface area contributed by atoms with Crippen molar-refractivity contribution in [2.75, 3.05) is 19.2 Å². The lowest BCUT2D eigenvalue weighted by atomic mass is 10.3. The summed E-state index contributed by atoms with van der Waals surface area (Å²) < 4.78 is 15.7. The molecule has 2 N–H and O–H groups in total. The zero-order chi connectivity index (χ0) is 10.5. The molecule has 6 nitrogen and oxygen atoms in total. The molecule has 0 radical (unpaired) electrons. The molecular weight excluding hydrogens is 218 g/mol. The molecule has 2 heterocycles. The SMILES string of the molecule is NCc1nnc(SCC2CCOCO2)o1. The maximum Gasteiger partial charge on any atom is 0.276 e. The zero-order valence-electron chi connectivity index (χ0n) is 8.22. The molecule has 0 aromatic carbocycles. The maximum atomic E-state index is 5.38. The molecule has 2 rings (SSSR count). The van der Waals surface area contributed by atoms with Crippen molar-refractivity contribution >= 4 is 11.8 Å². The number of nitrogens with zero attached hydrogens (tertiary/aromatic N) is 2. The Labute approximate surface area is 91.5 Å². The minimum Gasteiger partial charge on any atom is -0.415 e. The van der Waals surface area contributed by atoms with Crippen molar-refractivity contribution < 1.29 is 13.9 Å². The predicted octanol–water partition coefficient (Wildman–Crippen LogP) is 0.383.